The van der Waals surface area contributed by atoms with Crippen molar-refractivity contribution in [3.8, 4) is 5.69 Å². The van der Waals surface area contributed by atoms with E-state index in [1.54, 1.807) is 30.1 Å². The number of aryl methyl sites for hydroxylation is 1. The minimum Gasteiger partial charge on any atom is -0.335 e. The van der Waals surface area contributed by atoms with Gasteiger partial charge < -0.3 is 9.47 Å². The maximum Gasteiger partial charge on any atom is 0.255 e. The first-order valence-corrected chi connectivity index (χ1v) is 11.3. The third-order valence-corrected chi connectivity index (χ3v) is 6.44. The average molecular weight is 446 g/mol. The molecular weight excluding hydrogens is 422 g/mol. The standard InChI is InChI=1S/C22H24ClN3O3S/c1-14-11-21(16(3)26(14)19-9-6-8-18(23)13-19)22(27)25(4)15(2)17-7-5-10-20(12-17)30(24,28)29/h5-13,15H,1-4H3,(H2,24,28,29). The molecule has 2 aromatic carbocycles. The first-order chi connectivity index (χ1) is 14.0. The van der Waals surface area contributed by atoms with Gasteiger partial charge >= 0.3 is 0 Å². The van der Waals surface area contributed by atoms with Gasteiger partial charge in [-0.2, -0.15) is 0 Å². The lowest BCUT2D eigenvalue weighted by molar-refractivity contribution is 0.0742. The van der Waals surface area contributed by atoms with Crippen LogP contribution in [0.4, 0.5) is 0 Å². The molecule has 8 heteroatoms. The molecule has 2 N–H and O–H groups in total. The number of amides is 1. The number of halogens is 1. The minimum absolute atomic E-state index is 0.0202. The lowest BCUT2D eigenvalue weighted by Gasteiger charge is -2.26. The Morgan fingerprint density at radius 3 is 2.40 bits per heavy atom. The topological polar surface area (TPSA) is 85.4 Å². The first-order valence-electron chi connectivity index (χ1n) is 9.35. The first kappa shape index (κ1) is 22.1. The van der Waals surface area contributed by atoms with Gasteiger partial charge in [0.05, 0.1) is 16.5 Å². The SMILES string of the molecule is Cc1cc(C(=O)N(C)C(C)c2cccc(S(N)(=O)=O)c2)c(C)n1-c1cccc(Cl)c1. The van der Waals surface area contributed by atoms with Crippen LogP contribution in [0.2, 0.25) is 5.02 Å². The zero-order chi connectivity index (χ0) is 22.2. The maximum atomic E-state index is 13.3. The summed E-state index contributed by atoms with van der Waals surface area (Å²) in [5.74, 6) is -0.162. The van der Waals surface area contributed by atoms with Crippen LogP contribution in [0, 0.1) is 13.8 Å². The van der Waals surface area contributed by atoms with Gasteiger partial charge in [-0.25, -0.2) is 13.6 Å². The van der Waals surface area contributed by atoms with E-state index in [2.05, 4.69) is 0 Å². The molecule has 0 aliphatic carbocycles. The van der Waals surface area contributed by atoms with Gasteiger partial charge in [0.25, 0.3) is 5.91 Å². The van der Waals surface area contributed by atoms with Crippen molar-refractivity contribution >= 4 is 27.5 Å². The highest BCUT2D eigenvalue weighted by molar-refractivity contribution is 7.89. The highest BCUT2D eigenvalue weighted by Crippen LogP contribution is 2.27. The second kappa shape index (κ2) is 8.26. The van der Waals surface area contributed by atoms with Gasteiger partial charge in [0, 0.05) is 29.1 Å². The summed E-state index contributed by atoms with van der Waals surface area (Å²) < 4.78 is 25.3. The Labute approximate surface area is 181 Å². The maximum absolute atomic E-state index is 13.3. The van der Waals surface area contributed by atoms with Crippen LogP contribution in [0.25, 0.3) is 5.69 Å². The van der Waals surface area contributed by atoms with Crippen LogP contribution in [0.5, 0.6) is 0 Å². The van der Waals surface area contributed by atoms with E-state index in [1.165, 1.54) is 12.1 Å². The van der Waals surface area contributed by atoms with Gasteiger partial charge in [-0.1, -0.05) is 29.8 Å². The summed E-state index contributed by atoms with van der Waals surface area (Å²) >= 11 is 6.13. The van der Waals surface area contributed by atoms with Crippen molar-refractivity contribution in [3.05, 3.63) is 82.1 Å². The highest BCUT2D eigenvalue weighted by Gasteiger charge is 2.24. The van der Waals surface area contributed by atoms with Crippen molar-refractivity contribution in [1.82, 2.24) is 9.47 Å². The molecule has 0 saturated carbocycles. The Morgan fingerprint density at radius 2 is 1.77 bits per heavy atom. The van der Waals surface area contributed by atoms with Gasteiger partial charge in [0.1, 0.15) is 0 Å². The number of sulfonamides is 1. The molecule has 1 aromatic heterocycles. The van der Waals surface area contributed by atoms with E-state index in [1.807, 2.05) is 49.6 Å². The van der Waals surface area contributed by atoms with Crippen LogP contribution < -0.4 is 5.14 Å². The summed E-state index contributed by atoms with van der Waals surface area (Å²) in [7, 11) is -2.12. The highest BCUT2D eigenvalue weighted by atomic mass is 35.5. The number of hydrogen-bond acceptors (Lipinski definition) is 3. The number of hydrogen-bond donors (Lipinski definition) is 1. The molecule has 6 nitrogen and oxygen atoms in total. The number of rotatable bonds is 5. The molecule has 0 bridgehead atoms. The predicted octanol–water partition coefficient (Wildman–Crippen LogP) is 4.23. The molecule has 158 valence electrons. The molecule has 30 heavy (non-hydrogen) atoms. The second-order valence-electron chi connectivity index (χ2n) is 7.31. The molecule has 1 unspecified atom stereocenters. The van der Waals surface area contributed by atoms with E-state index in [0.717, 1.165) is 17.1 Å². The van der Waals surface area contributed by atoms with E-state index in [4.69, 9.17) is 16.7 Å². The molecule has 1 heterocycles. The quantitative estimate of drug-likeness (QED) is 0.637. The van der Waals surface area contributed by atoms with Crippen molar-refractivity contribution < 1.29 is 13.2 Å². The second-order valence-corrected chi connectivity index (χ2v) is 9.31. The van der Waals surface area contributed by atoms with Crippen LogP contribution in [0.3, 0.4) is 0 Å². The number of nitrogens with two attached hydrogens (primary N) is 1. The number of aromatic nitrogens is 1. The van der Waals surface area contributed by atoms with Crippen LogP contribution in [-0.2, 0) is 10.0 Å². The van der Waals surface area contributed by atoms with Gasteiger partial charge in [0.15, 0.2) is 0 Å². The van der Waals surface area contributed by atoms with Crippen molar-refractivity contribution in [2.75, 3.05) is 7.05 Å². The summed E-state index contributed by atoms with van der Waals surface area (Å²) in [4.78, 5) is 14.9. The fraction of sp³-hybridized carbons (Fsp3) is 0.227. The molecule has 0 aliphatic heterocycles. The third kappa shape index (κ3) is 4.28. The molecule has 0 radical (unpaired) electrons. The van der Waals surface area contributed by atoms with Gasteiger partial charge in [-0.15, -0.1) is 0 Å². The predicted molar refractivity (Wildman–Crippen MR) is 119 cm³/mol. The zero-order valence-corrected chi connectivity index (χ0v) is 18.8. The number of carbonyl (C=O) groups is 1. The van der Waals surface area contributed by atoms with Crippen molar-refractivity contribution in [1.29, 1.82) is 0 Å². The lowest BCUT2D eigenvalue weighted by Crippen LogP contribution is -2.30. The van der Waals surface area contributed by atoms with Crippen LogP contribution in [0.15, 0.2) is 59.5 Å². The summed E-state index contributed by atoms with van der Waals surface area (Å²) in [6.45, 7) is 5.67. The van der Waals surface area contributed by atoms with E-state index < -0.39 is 10.0 Å². The Hall–Kier alpha value is -2.61. The lowest BCUT2D eigenvalue weighted by atomic mass is 10.1. The average Bonchev–Trinajstić information content (AvgIpc) is 2.99. The molecular formula is C22H24ClN3O3S. The molecule has 0 spiro atoms. The minimum atomic E-state index is -3.82. The molecule has 3 rings (SSSR count). The fourth-order valence-corrected chi connectivity index (χ4v) is 4.29. The van der Waals surface area contributed by atoms with E-state index in [0.29, 0.717) is 16.1 Å². The summed E-state index contributed by atoms with van der Waals surface area (Å²) in [6, 6.07) is 15.3. The monoisotopic (exact) mass is 445 g/mol. The molecule has 0 fully saturated rings. The van der Waals surface area contributed by atoms with Gasteiger partial charge in [-0.05, 0) is 62.7 Å². The molecule has 0 aliphatic rings. The van der Waals surface area contributed by atoms with E-state index >= 15 is 0 Å². The number of primary sulfonamides is 1. The number of benzene rings is 2. The smallest absolute Gasteiger partial charge is 0.255 e. The Morgan fingerprint density at radius 1 is 1.10 bits per heavy atom. The van der Waals surface area contributed by atoms with Crippen LogP contribution >= 0.6 is 11.6 Å². The number of carbonyl (C=O) groups excluding carboxylic acids is 1. The Kier molecular flexibility index (Phi) is 6.08. The van der Waals surface area contributed by atoms with Gasteiger partial charge in [-0.3, -0.25) is 4.79 Å². The summed E-state index contributed by atoms with van der Waals surface area (Å²) in [6.07, 6.45) is 0. The molecule has 0 saturated heterocycles. The Balaban J connectivity index is 1.95. The molecule has 1 amide bonds. The van der Waals surface area contributed by atoms with Crippen molar-refractivity contribution in [3.63, 3.8) is 0 Å². The zero-order valence-electron chi connectivity index (χ0n) is 17.3. The van der Waals surface area contributed by atoms with Gasteiger partial charge in [0.2, 0.25) is 10.0 Å². The summed E-state index contributed by atoms with van der Waals surface area (Å²) in [5.41, 5.74) is 3.85. The normalized spacial score (nSPS) is 12.6. The molecule has 1 atom stereocenters. The van der Waals surface area contributed by atoms with E-state index in [9.17, 15) is 13.2 Å². The van der Waals surface area contributed by atoms with Crippen molar-refractivity contribution in [2.24, 2.45) is 5.14 Å². The third-order valence-electron chi connectivity index (χ3n) is 5.30. The van der Waals surface area contributed by atoms with Crippen molar-refractivity contribution in [2.45, 2.75) is 31.7 Å². The Bertz CT molecular complexity index is 1220. The number of nitrogens with zero attached hydrogens (tertiary/aromatic N) is 2. The van der Waals surface area contributed by atoms with Crippen LogP contribution in [0.1, 0.15) is 40.3 Å². The summed E-state index contributed by atoms with van der Waals surface area (Å²) in [5, 5.41) is 5.86. The fourth-order valence-electron chi connectivity index (χ4n) is 3.53. The molecule has 3 aromatic rings. The van der Waals surface area contributed by atoms with Crippen LogP contribution in [-0.4, -0.2) is 30.8 Å². The van der Waals surface area contributed by atoms with E-state index in [-0.39, 0.29) is 16.8 Å². The largest absolute Gasteiger partial charge is 0.335 e.